The Bertz CT molecular complexity index is 412. The van der Waals surface area contributed by atoms with Crippen LogP contribution in [0.3, 0.4) is 0 Å². The van der Waals surface area contributed by atoms with Gasteiger partial charge in [0, 0.05) is 31.6 Å². The van der Waals surface area contributed by atoms with Gasteiger partial charge in [-0.2, -0.15) is 0 Å². The van der Waals surface area contributed by atoms with E-state index in [1.807, 2.05) is 23.1 Å². The highest BCUT2D eigenvalue weighted by molar-refractivity contribution is 5.94. The molecule has 0 aliphatic heterocycles. The zero-order valence-electron chi connectivity index (χ0n) is 12.4. The van der Waals surface area contributed by atoms with Gasteiger partial charge in [-0.15, -0.1) is 0 Å². The summed E-state index contributed by atoms with van der Waals surface area (Å²) in [5.41, 5.74) is 0.624. The van der Waals surface area contributed by atoms with Crippen molar-refractivity contribution in [3.05, 3.63) is 35.9 Å². The molecule has 0 aliphatic rings. The number of benzene rings is 1. The number of rotatable bonds is 8. The summed E-state index contributed by atoms with van der Waals surface area (Å²) in [5.74, 6) is -0.0157. The molecule has 4 nitrogen and oxygen atoms in total. The third-order valence-electron chi connectivity index (χ3n) is 3.00. The van der Waals surface area contributed by atoms with Crippen molar-refractivity contribution in [3.63, 3.8) is 0 Å². The average Bonchev–Trinajstić information content (AvgIpc) is 2.47. The number of carbonyl (C=O) groups excluding carboxylic acids is 2. The largest absolute Gasteiger partial charge is 0.352 e. The second-order valence-electron chi connectivity index (χ2n) is 4.75. The van der Waals surface area contributed by atoms with Gasteiger partial charge >= 0.3 is 0 Å². The third kappa shape index (κ3) is 5.43. The molecule has 0 aliphatic carbocycles. The first kappa shape index (κ1) is 16.2. The van der Waals surface area contributed by atoms with Crippen LogP contribution in [0.2, 0.25) is 0 Å². The molecule has 0 aromatic heterocycles. The van der Waals surface area contributed by atoms with Crippen LogP contribution in [0.15, 0.2) is 30.3 Å². The molecule has 0 radical (unpaired) electrons. The van der Waals surface area contributed by atoms with E-state index in [-0.39, 0.29) is 11.8 Å². The fraction of sp³-hybridized carbons (Fsp3) is 0.500. The maximum atomic E-state index is 12.0. The van der Waals surface area contributed by atoms with Crippen molar-refractivity contribution < 1.29 is 9.59 Å². The fourth-order valence-corrected chi connectivity index (χ4v) is 2.03. The van der Waals surface area contributed by atoms with Gasteiger partial charge in [0.25, 0.3) is 5.91 Å². The predicted octanol–water partition coefficient (Wildman–Crippen LogP) is 2.46. The van der Waals surface area contributed by atoms with Crippen molar-refractivity contribution in [2.45, 2.75) is 33.1 Å². The summed E-state index contributed by atoms with van der Waals surface area (Å²) in [5, 5.41) is 2.78. The SMILES string of the molecule is CCCN(CCC)C(=O)CCNC(=O)c1ccccc1. The van der Waals surface area contributed by atoms with Crippen molar-refractivity contribution >= 4 is 11.8 Å². The summed E-state index contributed by atoms with van der Waals surface area (Å²) in [6.07, 6.45) is 2.28. The molecule has 0 saturated carbocycles. The number of carbonyl (C=O) groups is 2. The summed E-state index contributed by atoms with van der Waals surface area (Å²) in [4.78, 5) is 25.7. The van der Waals surface area contributed by atoms with Crippen molar-refractivity contribution in [1.82, 2.24) is 10.2 Å². The fourth-order valence-electron chi connectivity index (χ4n) is 2.03. The van der Waals surface area contributed by atoms with Crippen LogP contribution in [0.1, 0.15) is 43.5 Å². The zero-order valence-corrected chi connectivity index (χ0v) is 12.4. The van der Waals surface area contributed by atoms with Gasteiger partial charge in [-0.3, -0.25) is 9.59 Å². The molecule has 1 rings (SSSR count). The monoisotopic (exact) mass is 276 g/mol. The van der Waals surface area contributed by atoms with Crippen LogP contribution in [-0.4, -0.2) is 36.3 Å². The van der Waals surface area contributed by atoms with Gasteiger partial charge in [0.05, 0.1) is 0 Å². The smallest absolute Gasteiger partial charge is 0.251 e. The van der Waals surface area contributed by atoms with Gasteiger partial charge < -0.3 is 10.2 Å². The second-order valence-corrected chi connectivity index (χ2v) is 4.75. The van der Waals surface area contributed by atoms with Crippen LogP contribution in [0.25, 0.3) is 0 Å². The number of hydrogen-bond donors (Lipinski definition) is 1. The molecular weight excluding hydrogens is 252 g/mol. The van der Waals surface area contributed by atoms with Gasteiger partial charge in [-0.05, 0) is 25.0 Å². The number of nitrogens with one attached hydrogen (secondary N) is 1. The zero-order chi connectivity index (χ0) is 14.8. The minimum absolute atomic E-state index is 0.113. The van der Waals surface area contributed by atoms with E-state index in [0.717, 1.165) is 25.9 Å². The van der Waals surface area contributed by atoms with E-state index in [1.54, 1.807) is 12.1 Å². The Morgan fingerprint density at radius 3 is 2.20 bits per heavy atom. The first-order valence-electron chi connectivity index (χ1n) is 7.30. The molecule has 4 heteroatoms. The molecule has 20 heavy (non-hydrogen) atoms. The Morgan fingerprint density at radius 2 is 1.65 bits per heavy atom. The van der Waals surface area contributed by atoms with Crippen molar-refractivity contribution in [2.75, 3.05) is 19.6 Å². The molecule has 2 amide bonds. The Kier molecular flexibility index (Phi) is 7.40. The standard InChI is InChI=1S/C16H24N2O2/c1-3-12-18(13-4-2)15(19)10-11-17-16(20)14-8-6-5-7-9-14/h5-9H,3-4,10-13H2,1-2H3,(H,17,20). The summed E-state index contributed by atoms with van der Waals surface area (Å²) in [6.45, 7) is 6.09. The van der Waals surface area contributed by atoms with E-state index in [9.17, 15) is 9.59 Å². The lowest BCUT2D eigenvalue weighted by Crippen LogP contribution is -2.35. The lowest BCUT2D eigenvalue weighted by molar-refractivity contribution is -0.131. The Balaban J connectivity index is 2.35. The topological polar surface area (TPSA) is 49.4 Å². The Morgan fingerprint density at radius 1 is 1.05 bits per heavy atom. The van der Waals surface area contributed by atoms with E-state index >= 15 is 0 Å². The minimum Gasteiger partial charge on any atom is -0.352 e. The number of hydrogen-bond acceptors (Lipinski definition) is 2. The van der Waals surface area contributed by atoms with Gasteiger partial charge in [0.15, 0.2) is 0 Å². The molecular formula is C16H24N2O2. The third-order valence-corrected chi connectivity index (χ3v) is 3.00. The van der Waals surface area contributed by atoms with Crippen molar-refractivity contribution in [3.8, 4) is 0 Å². The van der Waals surface area contributed by atoms with Crippen LogP contribution in [0, 0.1) is 0 Å². The normalized spacial score (nSPS) is 10.1. The summed E-state index contributed by atoms with van der Waals surface area (Å²) >= 11 is 0. The van der Waals surface area contributed by atoms with Crippen LogP contribution in [0.5, 0.6) is 0 Å². The highest BCUT2D eigenvalue weighted by Gasteiger charge is 2.12. The van der Waals surface area contributed by atoms with Crippen LogP contribution >= 0.6 is 0 Å². The minimum atomic E-state index is -0.129. The highest BCUT2D eigenvalue weighted by Crippen LogP contribution is 2.00. The maximum absolute atomic E-state index is 12.0. The van der Waals surface area contributed by atoms with Crippen molar-refractivity contribution in [1.29, 1.82) is 0 Å². The molecule has 0 fully saturated rings. The van der Waals surface area contributed by atoms with Crippen LogP contribution < -0.4 is 5.32 Å². The molecule has 1 N–H and O–H groups in total. The van der Waals surface area contributed by atoms with Gasteiger partial charge in [-0.25, -0.2) is 0 Å². The van der Waals surface area contributed by atoms with Crippen LogP contribution in [-0.2, 0) is 4.79 Å². The lowest BCUT2D eigenvalue weighted by Gasteiger charge is -2.21. The van der Waals surface area contributed by atoms with Crippen molar-refractivity contribution in [2.24, 2.45) is 0 Å². The van der Waals surface area contributed by atoms with Gasteiger partial charge in [0.2, 0.25) is 5.91 Å². The van der Waals surface area contributed by atoms with E-state index in [4.69, 9.17) is 0 Å². The number of amides is 2. The first-order valence-corrected chi connectivity index (χ1v) is 7.30. The molecule has 1 aromatic rings. The van der Waals surface area contributed by atoms with E-state index in [2.05, 4.69) is 19.2 Å². The highest BCUT2D eigenvalue weighted by atomic mass is 16.2. The molecule has 0 atom stereocenters. The molecule has 110 valence electrons. The summed E-state index contributed by atoms with van der Waals surface area (Å²) in [7, 11) is 0. The molecule has 1 aromatic carbocycles. The molecule has 0 spiro atoms. The Hall–Kier alpha value is -1.84. The quantitative estimate of drug-likeness (QED) is 0.793. The second kappa shape index (κ2) is 9.13. The first-order chi connectivity index (χ1) is 9.69. The summed E-state index contributed by atoms with van der Waals surface area (Å²) in [6, 6.07) is 9.04. The maximum Gasteiger partial charge on any atom is 0.251 e. The predicted molar refractivity (Wildman–Crippen MR) is 80.6 cm³/mol. The lowest BCUT2D eigenvalue weighted by atomic mass is 10.2. The molecule has 0 saturated heterocycles. The van der Waals surface area contributed by atoms with E-state index < -0.39 is 0 Å². The van der Waals surface area contributed by atoms with Gasteiger partial charge in [-0.1, -0.05) is 32.0 Å². The molecule has 0 heterocycles. The van der Waals surface area contributed by atoms with Gasteiger partial charge in [0.1, 0.15) is 0 Å². The molecule has 0 bridgehead atoms. The van der Waals surface area contributed by atoms with Crippen LogP contribution in [0.4, 0.5) is 0 Å². The Labute approximate surface area is 121 Å². The van der Waals surface area contributed by atoms with E-state index in [0.29, 0.717) is 18.5 Å². The van der Waals surface area contributed by atoms with E-state index in [1.165, 1.54) is 0 Å². The summed E-state index contributed by atoms with van der Waals surface area (Å²) < 4.78 is 0. The molecule has 0 unspecified atom stereocenters. The average molecular weight is 276 g/mol. The number of nitrogens with zero attached hydrogens (tertiary/aromatic N) is 1.